The van der Waals surface area contributed by atoms with E-state index >= 15 is 0 Å². The van der Waals surface area contributed by atoms with Crippen LogP contribution in [0.25, 0.3) is 11.4 Å². The van der Waals surface area contributed by atoms with Crippen molar-refractivity contribution in [3.63, 3.8) is 0 Å². The molecule has 0 unspecified atom stereocenters. The summed E-state index contributed by atoms with van der Waals surface area (Å²) < 4.78 is 2.11. The zero-order valence-corrected chi connectivity index (χ0v) is 16.3. The second-order valence-electron chi connectivity index (χ2n) is 7.63. The highest BCUT2D eigenvalue weighted by atomic mass is 16.2. The van der Waals surface area contributed by atoms with Gasteiger partial charge in [0.25, 0.3) is 0 Å². The van der Waals surface area contributed by atoms with Crippen molar-refractivity contribution in [2.75, 3.05) is 6.54 Å². The van der Waals surface area contributed by atoms with E-state index in [1.807, 2.05) is 44.2 Å². The molecule has 0 saturated heterocycles. The Morgan fingerprint density at radius 2 is 1.93 bits per heavy atom. The van der Waals surface area contributed by atoms with Gasteiger partial charge in [0.1, 0.15) is 6.04 Å². The van der Waals surface area contributed by atoms with E-state index in [4.69, 9.17) is 0 Å². The summed E-state index contributed by atoms with van der Waals surface area (Å²) in [5.74, 6) is 1.66. The molecule has 0 radical (unpaired) electrons. The lowest BCUT2D eigenvalue weighted by Gasteiger charge is -2.35. The molecule has 27 heavy (non-hydrogen) atoms. The second kappa shape index (κ2) is 7.90. The maximum absolute atomic E-state index is 13.1. The first-order valence-electron chi connectivity index (χ1n) is 9.42. The Morgan fingerprint density at radius 1 is 1.22 bits per heavy atom. The normalized spacial score (nSPS) is 17.5. The Morgan fingerprint density at radius 3 is 2.56 bits per heavy atom. The molecule has 1 aliphatic rings. The van der Waals surface area contributed by atoms with Crippen LogP contribution in [0.15, 0.2) is 30.3 Å². The summed E-state index contributed by atoms with van der Waals surface area (Å²) >= 11 is 0. The van der Waals surface area contributed by atoms with Crippen LogP contribution in [0.4, 0.5) is 0 Å². The molecule has 2 amide bonds. The first-order valence-corrected chi connectivity index (χ1v) is 9.42. The average molecular weight is 369 g/mol. The smallest absolute Gasteiger partial charge is 0.245 e. The molecule has 0 aliphatic carbocycles. The van der Waals surface area contributed by atoms with E-state index in [0.29, 0.717) is 25.4 Å². The molecular weight excluding hydrogens is 342 g/mol. The van der Waals surface area contributed by atoms with Crippen LogP contribution in [-0.2, 0) is 16.1 Å². The Hall–Kier alpha value is -2.70. The fourth-order valence-electron chi connectivity index (χ4n) is 3.64. The van der Waals surface area contributed by atoms with Crippen LogP contribution < -0.4 is 5.32 Å². The predicted octanol–water partition coefficient (Wildman–Crippen LogP) is 2.40. The molecule has 1 aromatic heterocycles. The summed E-state index contributed by atoms with van der Waals surface area (Å²) in [6, 6.07) is 9.50. The monoisotopic (exact) mass is 369 g/mol. The van der Waals surface area contributed by atoms with Crippen LogP contribution in [0.3, 0.4) is 0 Å². The fourth-order valence-corrected chi connectivity index (χ4v) is 3.64. The summed E-state index contributed by atoms with van der Waals surface area (Å²) in [7, 11) is 0. The Balaban J connectivity index is 1.83. The maximum Gasteiger partial charge on any atom is 0.245 e. The summed E-state index contributed by atoms with van der Waals surface area (Å²) in [5, 5.41) is 11.5. The lowest BCUT2D eigenvalue weighted by atomic mass is 10.0. The maximum atomic E-state index is 13.1. The van der Waals surface area contributed by atoms with Gasteiger partial charge in [0.05, 0.1) is 12.6 Å². The van der Waals surface area contributed by atoms with E-state index in [-0.39, 0.29) is 17.9 Å². The highest BCUT2D eigenvalue weighted by Gasteiger charge is 2.33. The van der Waals surface area contributed by atoms with Crippen molar-refractivity contribution in [1.82, 2.24) is 25.0 Å². The highest BCUT2D eigenvalue weighted by molar-refractivity contribution is 5.87. The number of rotatable bonds is 5. The summed E-state index contributed by atoms with van der Waals surface area (Å²) in [4.78, 5) is 26.4. The quantitative estimate of drug-likeness (QED) is 0.878. The zero-order valence-electron chi connectivity index (χ0n) is 16.3. The van der Waals surface area contributed by atoms with E-state index in [1.54, 1.807) is 4.90 Å². The van der Waals surface area contributed by atoms with Crippen LogP contribution in [0.5, 0.6) is 0 Å². The first-order chi connectivity index (χ1) is 12.9. The van der Waals surface area contributed by atoms with Crippen LogP contribution in [0.1, 0.15) is 46.0 Å². The first kappa shape index (κ1) is 19.1. The summed E-state index contributed by atoms with van der Waals surface area (Å²) in [5.41, 5.74) is 1.01. The van der Waals surface area contributed by atoms with Crippen molar-refractivity contribution in [2.45, 2.75) is 52.7 Å². The molecule has 2 atom stereocenters. The van der Waals surface area contributed by atoms with Crippen LogP contribution in [0.2, 0.25) is 0 Å². The Labute approximate surface area is 159 Å². The van der Waals surface area contributed by atoms with Gasteiger partial charge in [-0.25, -0.2) is 0 Å². The number of hydrogen-bond acceptors (Lipinski definition) is 4. The molecule has 2 aromatic rings. The van der Waals surface area contributed by atoms with Crippen molar-refractivity contribution < 1.29 is 9.59 Å². The predicted molar refractivity (Wildman–Crippen MR) is 103 cm³/mol. The lowest BCUT2D eigenvalue weighted by Crippen LogP contribution is -2.51. The SMILES string of the molecule is CC(=O)N[C@@H](CC(C)C)C(=O)N1Cc2nnc(-c3ccccc3)n2[C@@H](C)C1. The molecule has 1 aromatic carbocycles. The van der Waals surface area contributed by atoms with Crippen LogP contribution in [0, 0.1) is 5.92 Å². The van der Waals surface area contributed by atoms with Crippen LogP contribution >= 0.6 is 0 Å². The molecule has 0 saturated carbocycles. The molecule has 3 rings (SSSR count). The Kier molecular flexibility index (Phi) is 5.58. The molecule has 0 fully saturated rings. The van der Waals surface area contributed by atoms with Crippen molar-refractivity contribution in [3.8, 4) is 11.4 Å². The Bertz CT molecular complexity index is 815. The van der Waals surface area contributed by atoms with E-state index < -0.39 is 6.04 Å². The minimum Gasteiger partial charge on any atom is -0.345 e. The third-order valence-corrected chi connectivity index (χ3v) is 4.75. The molecular formula is C20H27N5O2. The molecule has 7 nitrogen and oxygen atoms in total. The third kappa shape index (κ3) is 4.18. The zero-order chi connectivity index (χ0) is 19.6. The van der Waals surface area contributed by atoms with Crippen molar-refractivity contribution in [2.24, 2.45) is 5.92 Å². The van der Waals surface area contributed by atoms with E-state index in [1.165, 1.54) is 6.92 Å². The third-order valence-electron chi connectivity index (χ3n) is 4.75. The molecule has 1 N–H and O–H groups in total. The number of hydrogen-bond donors (Lipinski definition) is 1. The van der Waals surface area contributed by atoms with E-state index in [2.05, 4.69) is 27.0 Å². The number of carbonyl (C=O) groups excluding carboxylic acids is 2. The number of benzene rings is 1. The van der Waals surface area contributed by atoms with Crippen molar-refractivity contribution in [3.05, 3.63) is 36.2 Å². The average Bonchev–Trinajstić information content (AvgIpc) is 3.05. The summed E-state index contributed by atoms with van der Waals surface area (Å²) in [6.07, 6.45) is 0.616. The molecule has 0 bridgehead atoms. The number of aromatic nitrogens is 3. The fraction of sp³-hybridized carbons (Fsp3) is 0.500. The molecule has 2 heterocycles. The molecule has 144 valence electrons. The van der Waals surface area contributed by atoms with Gasteiger partial charge in [-0.2, -0.15) is 0 Å². The van der Waals surface area contributed by atoms with Gasteiger partial charge in [-0.15, -0.1) is 10.2 Å². The minimum atomic E-state index is -0.502. The molecule has 1 aliphatic heterocycles. The number of amides is 2. The highest BCUT2D eigenvalue weighted by Crippen LogP contribution is 2.28. The van der Waals surface area contributed by atoms with Gasteiger partial charge < -0.3 is 14.8 Å². The van der Waals surface area contributed by atoms with Gasteiger partial charge in [0.15, 0.2) is 11.6 Å². The number of nitrogens with one attached hydrogen (secondary N) is 1. The van der Waals surface area contributed by atoms with Gasteiger partial charge in [0, 0.05) is 19.0 Å². The van der Waals surface area contributed by atoms with E-state index in [0.717, 1.165) is 17.2 Å². The van der Waals surface area contributed by atoms with E-state index in [9.17, 15) is 9.59 Å². The number of carbonyl (C=O) groups is 2. The second-order valence-corrected chi connectivity index (χ2v) is 7.63. The van der Waals surface area contributed by atoms with Gasteiger partial charge in [0.2, 0.25) is 11.8 Å². The number of fused-ring (bicyclic) bond motifs is 1. The van der Waals surface area contributed by atoms with Crippen LogP contribution in [-0.4, -0.2) is 44.1 Å². The van der Waals surface area contributed by atoms with Gasteiger partial charge >= 0.3 is 0 Å². The molecule has 0 spiro atoms. The standard InChI is InChI=1S/C20H27N5O2/c1-13(2)10-17(21-15(4)26)20(27)24-11-14(3)25-18(12-24)22-23-19(25)16-8-6-5-7-9-16/h5-9,13-14,17H,10-12H2,1-4H3,(H,21,26)/t14-,17-/m0/s1. The summed E-state index contributed by atoms with van der Waals surface area (Å²) in [6.45, 7) is 8.57. The lowest BCUT2D eigenvalue weighted by molar-refractivity contribution is -0.138. The van der Waals surface area contributed by atoms with Gasteiger partial charge in [-0.1, -0.05) is 44.2 Å². The number of nitrogens with zero attached hydrogens (tertiary/aromatic N) is 4. The van der Waals surface area contributed by atoms with Gasteiger partial charge in [-0.3, -0.25) is 9.59 Å². The van der Waals surface area contributed by atoms with Gasteiger partial charge in [-0.05, 0) is 19.3 Å². The molecule has 7 heteroatoms. The topological polar surface area (TPSA) is 80.1 Å². The van der Waals surface area contributed by atoms with Crippen molar-refractivity contribution in [1.29, 1.82) is 0 Å². The van der Waals surface area contributed by atoms with Crippen molar-refractivity contribution >= 4 is 11.8 Å². The largest absolute Gasteiger partial charge is 0.345 e. The minimum absolute atomic E-state index is 0.0544.